The van der Waals surface area contributed by atoms with Crippen LogP contribution >= 0.6 is 0 Å². The summed E-state index contributed by atoms with van der Waals surface area (Å²) >= 11 is 0. The smallest absolute Gasteiger partial charge is 0.181 e. The molecule has 1 N–H and O–H groups in total. The molecule has 2 heterocycles. The molecular formula is C18H21FN4. The lowest BCUT2D eigenvalue weighted by atomic mass is 9.89. The summed E-state index contributed by atoms with van der Waals surface area (Å²) in [6.45, 7) is 6.58. The molecule has 3 aromatic rings. The summed E-state index contributed by atoms with van der Waals surface area (Å²) in [7, 11) is 1.80. The summed E-state index contributed by atoms with van der Waals surface area (Å²) in [6, 6.07) is 6.95. The average Bonchev–Trinajstić information content (AvgIpc) is 2.89. The predicted molar refractivity (Wildman–Crippen MR) is 91.5 cm³/mol. The summed E-state index contributed by atoms with van der Waals surface area (Å²) in [5.41, 5.74) is 3.22. The molecule has 1 aromatic carbocycles. The molecule has 0 aliphatic rings. The molecular weight excluding hydrogens is 291 g/mol. The summed E-state index contributed by atoms with van der Waals surface area (Å²) < 4.78 is 15.7. The highest BCUT2D eigenvalue weighted by Crippen LogP contribution is 2.24. The number of pyridine rings is 1. The maximum absolute atomic E-state index is 14.1. The third kappa shape index (κ3) is 3.33. The van der Waals surface area contributed by atoms with Crippen LogP contribution in [-0.4, -0.2) is 21.8 Å². The monoisotopic (exact) mass is 312 g/mol. The first-order chi connectivity index (χ1) is 10.9. The lowest BCUT2D eigenvalue weighted by Gasteiger charge is -2.17. The van der Waals surface area contributed by atoms with Crippen LogP contribution in [0.25, 0.3) is 16.7 Å². The van der Waals surface area contributed by atoms with E-state index in [1.165, 1.54) is 6.07 Å². The number of halogens is 1. The summed E-state index contributed by atoms with van der Waals surface area (Å²) in [5.74, 6) is -0.313. The fourth-order valence-electron chi connectivity index (χ4n) is 2.64. The summed E-state index contributed by atoms with van der Waals surface area (Å²) in [4.78, 5) is 4.41. The van der Waals surface area contributed by atoms with Crippen LogP contribution in [0.2, 0.25) is 0 Å². The second-order valence-electron chi connectivity index (χ2n) is 6.98. The molecule has 3 rings (SSSR count). The Morgan fingerprint density at radius 2 is 2.00 bits per heavy atom. The van der Waals surface area contributed by atoms with Gasteiger partial charge in [-0.1, -0.05) is 20.8 Å². The number of rotatable bonds is 3. The topological polar surface area (TPSA) is 42.7 Å². The van der Waals surface area contributed by atoms with Gasteiger partial charge in [0.2, 0.25) is 0 Å². The number of hydrogen-bond donors (Lipinski definition) is 1. The molecule has 0 fully saturated rings. The Morgan fingerprint density at radius 1 is 1.22 bits per heavy atom. The second kappa shape index (κ2) is 5.65. The lowest BCUT2D eigenvalue weighted by Crippen LogP contribution is -2.09. The molecule has 0 amide bonds. The normalized spacial score (nSPS) is 11.9. The highest BCUT2D eigenvalue weighted by molar-refractivity contribution is 5.75. The Balaban J connectivity index is 2.03. The number of hydrogen-bond acceptors (Lipinski definition) is 3. The molecule has 0 atom stereocenters. The van der Waals surface area contributed by atoms with Gasteiger partial charge in [-0.15, -0.1) is 5.10 Å². The van der Waals surface area contributed by atoms with E-state index in [-0.39, 0.29) is 11.2 Å². The van der Waals surface area contributed by atoms with Crippen molar-refractivity contribution in [1.29, 1.82) is 0 Å². The molecule has 4 nitrogen and oxygen atoms in total. The van der Waals surface area contributed by atoms with Crippen molar-refractivity contribution in [2.24, 2.45) is 5.41 Å². The minimum Gasteiger partial charge on any atom is -0.388 e. The van der Waals surface area contributed by atoms with Crippen LogP contribution in [0.3, 0.4) is 0 Å². The highest BCUT2D eigenvalue weighted by atomic mass is 19.1. The van der Waals surface area contributed by atoms with Gasteiger partial charge in [0.15, 0.2) is 5.65 Å². The van der Waals surface area contributed by atoms with Crippen LogP contribution in [0.1, 0.15) is 26.3 Å². The van der Waals surface area contributed by atoms with Gasteiger partial charge in [-0.05, 0) is 41.7 Å². The Hall–Kier alpha value is -2.43. The number of fused-ring (bicyclic) bond motifs is 1. The Labute approximate surface area is 135 Å². The molecule has 0 aliphatic heterocycles. The van der Waals surface area contributed by atoms with Gasteiger partial charge in [-0.2, -0.15) is 0 Å². The molecule has 0 saturated carbocycles. The molecule has 0 saturated heterocycles. The Bertz CT molecular complexity index is 846. The molecule has 5 heteroatoms. The number of aromatic nitrogens is 3. The van der Waals surface area contributed by atoms with Gasteiger partial charge in [0.1, 0.15) is 11.5 Å². The maximum atomic E-state index is 14.1. The number of nitrogens with zero attached hydrogens (tertiary/aromatic N) is 3. The molecule has 0 unspecified atom stereocenters. The van der Waals surface area contributed by atoms with E-state index < -0.39 is 0 Å². The minimum atomic E-state index is -0.313. The SMILES string of the molecule is CNc1ccc(F)c(-n2cc3cc(CC(C)(C)C)cnc3n2)c1. The van der Waals surface area contributed by atoms with Crippen molar-refractivity contribution in [2.45, 2.75) is 27.2 Å². The second-order valence-corrected chi connectivity index (χ2v) is 6.98. The molecule has 23 heavy (non-hydrogen) atoms. The van der Waals surface area contributed by atoms with Crippen molar-refractivity contribution >= 4 is 16.7 Å². The largest absolute Gasteiger partial charge is 0.388 e. The summed E-state index contributed by atoms with van der Waals surface area (Å²) in [5, 5.41) is 8.32. The first-order valence-corrected chi connectivity index (χ1v) is 7.68. The van der Waals surface area contributed by atoms with Crippen molar-refractivity contribution < 1.29 is 4.39 Å². The molecule has 0 aliphatic carbocycles. The highest BCUT2D eigenvalue weighted by Gasteiger charge is 2.14. The van der Waals surface area contributed by atoms with Crippen LogP contribution in [-0.2, 0) is 6.42 Å². The molecule has 0 radical (unpaired) electrons. The van der Waals surface area contributed by atoms with Crippen LogP contribution in [0.15, 0.2) is 36.7 Å². The van der Waals surface area contributed by atoms with Crippen molar-refractivity contribution in [1.82, 2.24) is 14.8 Å². The molecule has 0 bridgehead atoms. The average molecular weight is 312 g/mol. The lowest BCUT2D eigenvalue weighted by molar-refractivity contribution is 0.411. The molecule has 2 aromatic heterocycles. The van der Waals surface area contributed by atoms with Crippen LogP contribution in [0.4, 0.5) is 10.1 Å². The van der Waals surface area contributed by atoms with Crippen molar-refractivity contribution in [3.63, 3.8) is 0 Å². The third-order valence-corrected chi connectivity index (χ3v) is 3.63. The van der Waals surface area contributed by atoms with Crippen LogP contribution in [0, 0.1) is 11.2 Å². The predicted octanol–water partition coefficient (Wildman–Crippen LogP) is 4.19. The van der Waals surface area contributed by atoms with E-state index in [0.717, 1.165) is 23.1 Å². The fraction of sp³-hybridized carbons (Fsp3) is 0.333. The van der Waals surface area contributed by atoms with E-state index in [4.69, 9.17) is 0 Å². The van der Waals surface area contributed by atoms with Crippen LogP contribution in [0.5, 0.6) is 0 Å². The van der Waals surface area contributed by atoms with Crippen LogP contribution < -0.4 is 5.32 Å². The van der Waals surface area contributed by atoms with E-state index in [9.17, 15) is 4.39 Å². The van der Waals surface area contributed by atoms with Gasteiger partial charge >= 0.3 is 0 Å². The summed E-state index contributed by atoms with van der Waals surface area (Å²) in [6.07, 6.45) is 4.61. The number of benzene rings is 1. The zero-order valence-corrected chi connectivity index (χ0v) is 13.9. The minimum absolute atomic E-state index is 0.193. The van der Waals surface area contributed by atoms with Gasteiger partial charge in [0.25, 0.3) is 0 Å². The Kier molecular flexibility index (Phi) is 3.80. The third-order valence-electron chi connectivity index (χ3n) is 3.63. The van der Waals surface area contributed by atoms with Crippen molar-refractivity contribution in [2.75, 3.05) is 12.4 Å². The van der Waals surface area contributed by atoms with E-state index >= 15 is 0 Å². The van der Waals surface area contributed by atoms with Gasteiger partial charge in [-0.25, -0.2) is 14.1 Å². The van der Waals surface area contributed by atoms with Gasteiger partial charge in [0, 0.05) is 30.5 Å². The van der Waals surface area contributed by atoms with Gasteiger partial charge in [-0.3, -0.25) is 0 Å². The van der Waals surface area contributed by atoms with E-state index in [1.54, 1.807) is 23.9 Å². The van der Waals surface area contributed by atoms with E-state index in [0.29, 0.717) is 11.3 Å². The van der Waals surface area contributed by atoms with E-state index in [2.05, 4.69) is 42.2 Å². The van der Waals surface area contributed by atoms with E-state index in [1.807, 2.05) is 12.4 Å². The molecule has 0 spiro atoms. The van der Waals surface area contributed by atoms with Gasteiger partial charge < -0.3 is 5.32 Å². The zero-order valence-electron chi connectivity index (χ0n) is 13.9. The van der Waals surface area contributed by atoms with Crippen molar-refractivity contribution in [3.8, 4) is 5.69 Å². The van der Waals surface area contributed by atoms with Gasteiger partial charge in [0.05, 0.1) is 0 Å². The zero-order chi connectivity index (χ0) is 16.6. The quantitative estimate of drug-likeness (QED) is 0.788. The maximum Gasteiger partial charge on any atom is 0.181 e. The molecule has 120 valence electrons. The Morgan fingerprint density at radius 3 is 2.70 bits per heavy atom. The first-order valence-electron chi connectivity index (χ1n) is 7.68. The van der Waals surface area contributed by atoms with Crippen molar-refractivity contribution in [3.05, 3.63) is 48.0 Å². The standard InChI is InChI=1S/C18H21FN4/c1-18(2,3)9-12-7-13-11-23(22-17(13)21-10-12)16-8-14(20-4)5-6-15(16)19/h5-8,10-11,20H,9H2,1-4H3. The number of nitrogens with one attached hydrogen (secondary N) is 1. The first kappa shape index (κ1) is 15.5. The number of anilines is 1. The fourth-order valence-corrected chi connectivity index (χ4v) is 2.64.